The van der Waals surface area contributed by atoms with Crippen LogP contribution in [-0.4, -0.2) is 20.6 Å². The van der Waals surface area contributed by atoms with Crippen LogP contribution in [0.4, 0.5) is 11.4 Å². The number of nitro benzene ring substituents is 1. The fraction of sp³-hybridized carbons (Fsp3) is 0.158. The summed E-state index contributed by atoms with van der Waals surface area (Å²) in [5, 5.41) is 18.1. The van der Waals surface area contributed by atoms with Crippen molar-refractivity contribution in [2.24, 2.45) is 0 Å². The number of rotatable bonds is 5. The molecule has 1 aromatic heterocycles. The van der Waals surface area contributed by atoms with Crippen molar-refractivity contribution in [2.75, 3.05) is 5.32 Å². The zero-order valence-corrected chi connectivity index (χ0v) is 15.5. The highest BCUT2D eigenvalue weighted by Crippen LogP contribution is 2.24. The van der Waals surface area contributed by atoms with Crippen molar-refractivity contribution in [3.8, 4) is 0 Å². The minimum absolute atomic E-state index is 0.106. The molecule has 1 amide bonds. The molecule has 2 aromatic carbocycles. The number of carbonyl (C=O) groups is 1. The van der Waals surface area contributed by atoms with Crippen molar-refractivity contribution in [1.82, 2.24) is 9.78 Å². The Labute approximate surface area is 160 Å². The summed E-state index contributed by atoms with van der Waals surface area (Å²) < 4.78 is 1.56. The second kappa shape index (κ2) is 7.59. The number of aromatic nitrogens is 2. The van der Waals surface area contributed by atoms with E-state index < -0.39 is 10.8 Å². The van der Waals surface area contributed by atoms with E-state index >= 15 is 0 Å². The molecule has 0 aliphatic carbocycles. The Kier molecular flexibility index (Phi) is 5.23. The molecule has 7 nitrogen and oxygen atoms in total. The van der Waals surface area contributed by atoms with Gasteiger partial charge in [0.05, 0.1) is 22.7 Å². The van der Waals surface area contributed by atoms with Gasteiger partial charge in [0.1, 0.15) is 5.15 Å². The van der Waals surface area contributed by atoms with Gasteiger partial charge in [0.25, 0.3) is 11.6 Å². The molecule has 8 heteroatoms. The van der Waals surface area contributed by atoms with Gasteiger partial charge in [0, 0.05) is 17.8 Å². The van der Waals surface area contributed by atoms with E-state index in [0.29, 0.717) is 17.9 Å². The van der Waals surface area contributed by atoms with Gasteiger partial charge < -0.3 is 5.32 Å². The van der Waals surface area contributed by atoms with E-state index in [1.54, 1.807) is 17.7 Å². The number of carbonyl (C=O) groups excluding carboxylic acids is 1. The van der Waals surface area contributed by atoms with Crippen LogP contribution in [0.2, 0.25) is 5.15 Å². The molecule has 0 spiro atoms. The molecule has 0 bridgehead atoms. The van der Waals surface area contributed by atoms with Crippen molar-refractivity contribution in [1.29, 1.82) is 0 Å². The molecule has 0 atom stereocenters. The minimum Gasteiger partial charge on any atom is -0.322 e. The molecule has 1 heterocycles. The van der Waals surface area contributed by atoms with Gasteiger partial charge in [0.2, 0.25) is 0 Å². The number of non-ortho nitro benzene ring substituents is 1. The second-order valence-electron chi connectivity index (χ2n) is 6.16. The number of anilines is 1. The molecule has 3 aromatic rings. The lowest BCUT2D eigenvalue weighted by Crippen LogP contribution is -2.13. The van der Waals surface area contributed by atoms with Crippen LogP contribution in [-0.2, 0) is 6.54 Å². The average Bonchev–Trinajstić information content (AvgIpc) is 2.90. The number of hydrogen-bond donors (Lipinski definition) is 1. The van der Waals surface area contributed by atoms with Gasteiger partial charge >= 0.3 is 0 Å². The number of amides is 1. The molecule has 138 valence electrons. The Hall–Kier alpha value is -3.19. The molecule has 3 rings (SSSR count). The standard InChI is InChI=1S/C19H17ClN4O3/c1-12-6-8-14(9-7-12)11-23-18(20)17(13(2)22-23)19(25)21-15-4-3-5-16(10-15)24(26)27/h3-10H,11H2,1-2H3,(H,21,25). The lowest BCUT2D eigenvalue weighted by atomic mass is 10.1. The number of halogens is 1. The molecule has 0 unspecified atom stereocenters. The molecular formula is C19H17ClN4O3. The molecule has 0 fully saturated rings. The third-order valence-electron chi connectivity index (χ3n) is 4.06. The van der Waals surface area contributed by atoms with Crippen LogP contribution in [0.1, 0.15) is 27.2 Å². The number of nitrogens with one attached hydrogen (secondary N) is 1. The van der Waals surface area contributed by atoms with Gasteiger partial charge in [0.15, 0.2) is 0 Å². The molecule has 0 saturated carbocycles. The summed E-state index contributed by atoms with van der Waals surface area (Å²) in [6, 6.07) is 13.7. The first kappa shape index (κ1) is 18.6. The van der Waals surface area contributed by atoms with Crippen molar-refractivity contribution in [3.63, 3.8) is 0 Å². The van der Waals surface area contributed by atoms with Gasteiger partial charge in [-0.15, -0.1) is 0 Å². The lowest BCUT2D eigenvalue weighted by molar-refractivity contribution is -0.384. The number of nitro groups is 1. The maximum absolute atomic E-state index is 12.6. The normalized spacial score (nSPS) is 10.6. The summed E-state index contributed by atoms with van der Waals surface area (Å²) >= 11 is 6.39. The fourth-order valence-electron chi connectivity index (χ4n) is 2.67. The number of hydrogen-bond acceptors (Lipinski definition) is 4. The SMILES string of the molecule is Cc1ccc(Cn2nc(C)c(C(=O)Nc3cccc([N+](=O)[O-])c3)c2Cl)cc1. The Morgan fingerprint density at radius 2 is 1.93 bits per heavy atom. The number of benzene rings is 2. The van der Waals surface area contributed by atoms with E-state index in [-0.39, 0.29) is 16.4 Å². The van der Waals surface area contributed by atoms with Crippen LogP contribution in [0.5, 0.6) is 0 Å². The summed E-state index contributed by atoms with van der Waals surface area (Å²) in [5.41, 5.74) is 3.10. The smallest absolute Gasteiger partial charge is 0.271 e. The third-order valence-corrected chi connectivity index (χ3v) is 4.44. The first-order valence-electron chi connectivity index (χ1n) is 8.19. The monoisotopic (exact) mass is 384 g/mol. The van der Waals surface area contributed by atoms with Crippen LogP contribution in [0, 0.1) is 24.0 Å². The largest absolute Gasteiger partial charge is 0.322 e. The van der Waals surface area contributed by atoms with Crippen molar-refractivity contribution in [2.45, 2.75) is 20.4 Å². The van der Waals surface area contributed by atoms with E-state index in [2.05, 4.69) is 10.4 Å². The van der Waals surface area contributed by atoms with Crippen LogP contribution < -0.4 is 5.32 Å². The van der Waals surface area contributed by atoms with E-state index in [1.807, 2.05) is 31.2 Å². The Bertz CT molecular complexity index is 1010. The second-order valence-corrected chi connectivity index (χ2v) is 6.51. The molecule has 0 aliphatic heterocycles. The number of aryl methyl sites for hydroxylation is 2. The molecule has 0 saturated heterocycles. The van der Waals surface area contributed by atoms with E-state index in [4.69, 9.17) is 11.6 Å². The summed E-state index contributed by atoms with van der Waals surface area (Å²) in [6.45, 7) is 4.13. The van der Waals surface area contributed by atoms with Gasteiger partial charge in [-0.3, -0.25) is 14.9 Å². The molecule has 0 radical (unpaired) electrons. The zero-order valence-electron chi connectivity index (χ0n) is 14.8. The summed E-state index contributed by atoms with van der Waals surface area (Å²) in [4.78, 5) is 23.0. The van der Waals surface area contributed by atoms with Crippen LogP contribution in [0.15, 0.2) is 48.5 Å². The van der Waals surface area contributed by atoms with Gasteiger partial charge in [-0.25, -0.2) is 4.68 Å². The molecule has 27 heavy (non-hydrogen) atoms. The summed E-state index contributed by atoms with van der Waals surface area (Å²) in [6.07, 6.45) is 0. The highest BCUT2D eigenvalue weighted by atomic mass is 35.5. The van der Waals surface area contributed by atoms with Gasteiger partial charge in [-0.2, -0.15) is 5.10 Å². The van der Waals surface area contributed by atoms with E-state index in [1.165, 1.54) is 18.2 Å². The fourth-order valence-corrected chi connectivity index (χ4v) is 2.99. The average molecular weight is 385 g/mol. The first-order valence-corrected chi connectivity index (χ1v) is 8.57. The van der Waals surface area contributed by atoms with Gasteiger partial charge in [-0.05, 0) is 25.5 Å². The highest BCUT2D eigenvalue weighted by Gasteiger charge is 2.21. The van der Waals surface area contributed by atoms with Crippen LogP contribution in [0.3, 0.4) is 0 Å². The van der Waals surface area contributed by atoms with Gasteiger partial charge in [-0.1, -0.05) is 47.5 Å². The van der Waals surface area contributed by atoms with Crippen molar-refractivity contribution >= 4 is 28.9 Å². The molecule has 1 N–H and O–H groups in total. The van der Waals surface area contributed by atoms with E-state index in [9.17, 15) is 14.9 Å². The zero-order chi connectivity index (χ0) is 19.6. The minimum atomic E-state index is -0.520. The topological polar surface area (TPSA) is 90.1 Å². The summed E-state index contributed by atoms with van der Waals surface area (Å²) in [5.74, 6) is -0.465. The quantitative estimate of drug-likeness (QED) is 0.522. The van der Waals surface area contributed by atoms with Crippen LogP contribution >= 0.6 is 11.6 Å². The Morgan fingerprint density at radius 1 is 1.22 bits per heavy atom. The summed E-state index contributed by atoms with van der Waals surface area (Å²) in [7, 11) is 0. The third kappa shape index (κ3) is 4.15. The number of nitrogens with zero attached hydrogens (tertiary/aromatic N) is 3. The molecular weight excluding hydrogens is 368 g/mol. The maximum Gasteiger partial charge on any atom is 0.271 e. The predicted octanol–water partition coefficient (Wildman–Crippen LogP) is 4.36. The van der Waals surface area contributed by atoms with Crippen LogP contribution in [0.25, 0.3) is 0 Å². The lowest BCUT2D eigenvalue weighted by Gasteiger charge is -2.06. The Morgan fingerprint density at radius 3 is 2.59 bits per heavy atom. The highest BCUT2D eigenvalue weighted by molar-refractivity contribution is 6.33. The maximum atomic E-state index is 12.6. The first-order chi connectivity index (χ1) is 12.8. The van der Waals surface area contributed by atoms with Crippen molar-refractivity contribution < 1.29 is 9.72 Å². The molecule has 0 aliphatic rings. The van der Waals surface area contributed by atoms with Crippen molar-refractivity contribution in [3.05, 3.63) is 86.2 Å². The predicted molar refractivity (Wildman–Crippen MR) is 103 cm³/mol. The Balaban J connectivity index is 1.83. The van der Waals surface area contributed by atoms with E-state index in [0.717, 1.165) is 11.1 Å².